The van der Waals surface area contributed by atoms with Crippen molar-refractivity contribution >= 4 is 23.3 Å². The monoisotopic (exact) mass is 382 g/mol. The largest absolute Gasteiger partial charge is 0.493 e. The van der Waals surface area contributed by atoms with Gasteiger partial charge >= 0.3 is 0 Å². The highest BCUT2D eigenvalue weighted by atomic mass is 16.5. The third kappa shape index (κ3) is 5.42. The summed E-state index contributed by atoms with van der Waals surface area (Å²) in [6.45, 7) is 7.45. The molecule has 0 heterocycles. The van der Waals surface area contributed by atoms with Gasteiger partial charge in [-0.15, -0.1) is 0 Å². The lowest BCUT2D eigenvalue weighted by molar-refractivity contribution is -0.118. The van der Waals surface area contributed by atoms with E-state index in [1.165, 1.54) is 6.92 Å². The lowest BCUT2D eigenvalue weighted by Gasteiger charge is -2.22. The molecule has 0 saturated heterocycles. The smallest absolute Gasteiger partial charge is 0.255 e. The number of hydrogen-bond acceptors (Lipinski definition) is 4. The molecule has 2 aromatic carbocycles. The van der Waals surface area contributed by atoms with Gasteiger partial charge in [-0.3, -0.25) is 14.4 Å². The van der Waals surface area contributed by atoms with E-state index in [1.807, 2.05) is 20.8 Å². The maximum absolute atomic E-state index is 12.8. The summed E-state index contributed by atoms with van der Waals surface area (Å²) in [5.41, 5.74) is 1.39. The van der Waals surface area contributed by atoms with Crippen LogP contribution in [0, 0.1) is 5.92 Å². The first kappa shape index (κ1) is 21.2. The predicted octanol–water partition coefficient (Wildman–Crippen LogP) is 3.68. The summed E-state index contributed by atoms with van der Waals surface area (Å²) in [4.78, 5) is 37.0. The summed E-state index contributed by atoms with van der Waals surface area (Å²) in [7, 11) is 0. The fourth-order valence-electron chi connectivity index (χ4n) is 2.73. The summed E-state index contributed by atoms with van der Waals surface area (Å²) in [5, 5.41) is 5.57. The van der Waals surface area contributed by atoms with Crippen LogP contribution in [0.3, 0.4) is 0 Å². The molecule has 2 N–H and O–H groups in total. The van der Waals surface area contributed by atoms with E-state index in [0.29, 0.717) is 29.2 Å². The fraction of sp³-hybridized carbons (Fsp3) is 0.318. The number of ether oxygens (including phenoxy) is 1. The molecule has 28 heavy (non-hydrogen) atoms. The minimum Gasteiger partial charge on any atom is -0.493 e. The van der Waals surface area contributed by atoms with Crippen molar-refractivity contribution in [2.24, 2.45) is 5.92 Å². The third-order valence-corrected chi connectivity index (χ3v) is 4.20. The Morgan fingerprint density at radius 2 is 1.75 bits per heavy atom. The van der Waals surface area contributed by atoms with E-state index in [2.05, 4.69) is 10.6 Å². The van der Waals surface area contributed by atoms with E-state index in [-0.39, 0.29) is 23.5 Å². The lowest BCUT2D eigenvalue weighted by Crippen LogP contribution is -2.47. The van der Waals surface area contributed by atoms with Gasteiger partial charge in [-0.05, 0) is 44.0 Å². The molecule has 0 aromatic heterocycles. The number of amides is 2. The van der Waals surface area contributed by atoms with E-state index in [9.17, 15) is 14.4 Å². The van der Waals surface area contributed by atoms with Crippen LogP contribution in [0.5, 0.6) is 5.75 Å². The number of rotatable bonds is 8. The van der Waals surface area contributed by atoms with Crippen LogP contribution < -0.4 is 15.4 Å². The lowest BCUT2D eigenvalue weighted by atomic mass is 10.0. The third-order valence-electron chi connectivity index (χ3n) is 4.20. The maximum atomic E-state index is 12.8. The van der Waals surface area contributed by atoms with Crippen LogP contribution in [0.2, 0.25) is 0 Å². The minimum atomic E-state index is -0.747. The van der Waals surface area contributed by atoms with Gasteiger partial charge in [0.1, 0.15) is 11.8 Å². The number of nitrogens with one attached hydrogen (secondary N) is 2. The van der Waals surface area contributed by atoms with Gasteiger partial charge in [-0.25, -0.2) is 0 Å². The van der Waals surface area contributed by atoms with Gasteiger partial charge in [0, 0.05) is 11.3 Å². The average Bonchev–Trinajstić information content (AvgIpc) is 2.66. The van der Waals surface area contributed by atoms with Gasteiger partial charge in [-0.2, -0.15) is 0 Å². The highest BCUT2D eigenvalue weighted by Crippen LogP contribution is 2.19. The van der Waals surface area contributed by atoms with Gasteiger partial charge in [0.25, 0.3) is 5.91 Å². The molecule has 0 saturated carbocycles. The fourth-order valence-corrected chi connectivity index (χ4v) is 2.73. The van der Waals surface area contributed by atoms with Crippen molar-refractivity contribution in [1.29, 1.82) is 0 Å². The molecule has 0 spiro atoms. The van der Waals surface area contributed by atoms with E-state index < -0.39 is 6.04 Å². The first-order chi connectivity index (χ1) is 13.3. The molecule has 0 aliphatic rings. The van der Waals surface area contributed by atoms with Gasteiger partial charge in [0.15, 0.2) is 5.78 Å². The number of Topliss-reactive ketones (excluding diaryl/α,β-unsaturated/α-hetero) is 1. The van der Waals surface area contributed by atoms with Crippen molar-refractivity contribution in [3.8, 4) is 5.75 Å². The first-order valence-electron chi connectivity index (χ1n) is 9.28. The number of hydrogen-bond donors (Lipinski definition) is 2. The molecule has 2 rings (SSSR count). The molecule has 0 unspecified atom stereocenters. The van der Waals surface area contributed by atoms with Crippen molar-refractivity contribution in [2.75, 3.05) is 11.9 Å². The zero-order valence-electron chi connectivity index (χ0n) is 16.6. The Morgan fingerprint density at radius 3 is 2.39 bits per heavy atom. The summed E-state index contributed by atoms with van der Waals surface area (Å²) in [6.07, 6.45) is 0. The maximum Gasteiger partial charge on any atom is 0.255 e. The Bertz CT molecular complexity index is 861. The first-order valence-corrected chi connectivity index (χ1v) is 9.28. The quantitative estimate of drug-likeness (QED) is 0.682. The second-order valence-electron chi connectivity index (χ2n) is 6.75. The summed E-state index contributed by atoms with van der Waals surface area (Å²) in [6, 6.07) is 12.9. The Morgan fingerprint density at radius 1 is 1.04 bits per heavy atom. The highest BCUT2D eigenvalue weighted by Gasteiger charge is 2.26. The SMILES string of the molecule is CCOc1ccccc1C(=O)N[C@H](C(=O)Nc1cccc(C(C)=O)c1)C(C)C. The van der Waals surface area contributed by atoms with Crippen molar-refractivity contribution in [1.82, 2.24) is 5.32 Å². The number of carbonyl (C=O) groups excluding carboxylic acids is 3. The summed E-state index contributed by atoms with van der Waals surface area (Å²) >= 11 is 0. The van der Waals surface area contributed by atoms with Crippen LogP contribution in [0.25, 0.3) is 0 Å². The van der Waals surface area contributed by atoms with Crippen molar-refractivity contribution in [3.05, 3.63) is 59.7 Å². The minimum absolute atomic E-state index is 0.0858. The van der Waals surface area contributed by atoms with Gasteiger partial charge in [0.2, 0.25) is 5.91 Å². The molecule has 0 fully saturated rings. The number of benzene rings is 2. The normalized spacial score (nSPS) is 11.6. The summed E-state index contributed by atoms with van der Waals surface area (Å²) in [5.74, 6) is -0.482. The Kier molecular flexibility index (Phi) is 7.32. The van der Waals surface area contributed by atoms with Crippen molar-refractivity contribution in [3.63, 3.8) is 0 Å². The molecule has 0 radical (unpaired) electrons. The second kappa shape index (κ2) is 9.69. The number of carbonyl (C=O) groups is 3. The zero-order chi connectivity index (χ0) is 20.7. The molecule has 6 heteroatoms. The Labute approximate surface area is 165 Å². The van der Waals surface area contributed by atoms with Crippen LogP contribution in [-0.2, 0) is 4.79 Å². The van der Waals surface area contributed by atoms with E-state index in [0.717, 1.165) is 0 Å². The average molecular weight is 382 g/mol. The second-order valence-corrected chi connectivity index (χ2v) is 6.75. The number of ketones is 1. The molecular formula is C22H26N2O4. The van der Waals surface area contributed by atoms with Crippen molar-refractivity contribution < 1.29 is 19.1 Å². The molecule has 6 nitrogen and oxygen atoms in total. The molecular weight excluding hydrogens is 356 g/mol. The highest BCUT2D eigenvalue weighted by molar-refractivity contribution is 6.03. The van der Waals surface area contributed by atoms with Gasteiger partial charge in [-0.1, -0.05) is 38.1 Å². The van der Waals surface area contributed by atoms with Crippen LogP contribution in [0.4, 0.5) is 5.69 Å². The van der Waals surface area contributed by atoms with E-state index >= 15 is 0 Å². The molecule has 148 valence electrons. The molecule has 0 aliphatic heterocycles. The number of para-hydroxylation sites is 1. The predicted molar refractivity (Wildman–Crippen MR) is 109 cm³/mol. The van der Waals surface area contributed by atoms with Crippen LogP contribution in [0.15, 0.2) is 48.5 Å². The topological polar surface area (TPSA) is 84.5 Å². The number of anilines is 1. The van der Waals surface area contributed by atoms with Crippen molar-refractivity contribution in [2.45, 2.75) is 33.7 Å². The molecule has 2 amide bonds. The molecule has 0 aliphatic carbocycles. The van der Waals surface area contributed by atoms with Gasteiger partial charge < -0.3 is 15.4 Å². The Hall–Kier alpha value is -3.15. The van der Waals surface area contributed by atoms with Gasteiger partial charge in [0.05, 0.1) is 12.2 Å². The molecule has 2 aromatic rings. The molecule has 0 bridgehead atoms. The summed E-state index contributed by atoms with van der Waals surface area (Å²) < 4.78 is 5.50. The van der Waals surface area contributed by atoms with Crippen LogP contribution in [-0.4, -0.2) is 30.2 Å². The zero-order valence-corrected chi connectivity index (χ0v) is 16.6. The van der Waals surface area contributed by atoms with Crippen LogP contribution in [0.1, 0.15) is 48.4 Å². The van der Waals surface area contributed by atoms with E-state index in [1.54, 1.807) is 48.5 Å². The standard InChI is InChI=1S/C22H26N2O4/c1-5-28-19-12-7-6-11-18(19)21(26)24-20(14(2)3)22(27)23-17-10-8-9-16(13-17)15(4)25/h6-14,20H,5H2,1-4H3,(H,23,27)(H,24,26)/t20-/m0/s1. The Balaban J connectivity index is 2.17. The molecule has 1 atom stereocenters. The van der Waals surface area contributed by atoms with Crippen LogP contribution >= 0.6 is 0 Å². The van der Waals surface area contributed by atoms with E-state index in [4.69, 9.17) is 4.74 Å².